The van der Waals surface area contributed by atoms with Crippen molar-refractivity contribution in [2.24, 2.45) is 0 Å². The Morgan fingerprint density at radius 1 is 1.07 bits per heavy atom. The van der Waals surface area contributed by atoms with Crippen molar-refractivity contribution < 1.29 is 0 Å². The molecule has 76 valence electrons. The van der Waals surface area contributed by atoms with Crippen molar-refractivity contribution in [3.63, 3.8) is 0 Å². The molecule has 15 heavy (non-hydrogen) atoms. The van der Waals surface area contributed by atoms with Crippen LogP contribution in [0.2, 0.25) is 0 Å². The number of nitrogens with zero attached hydrogens (tertiary/aromatic N) is 4. The number of fused-ring (bicyclic) bond motifs is 1. The lowest BCUT2D eigenvalue weighted by molar-refractivity contribution is 0.943. The van der Waals surface area contributed by atoms with Crippen LogP contribution in [0.4, 0.5) is 5.82 Å². The van der Waals surface area contributed by atoms with Gasteiger partial charge in [-0.05, 0) is 12.1 Å². The van der Waals surface area contributed by atoms with Crippen molar-refractivity contribution in [2.45, 2.75) is 0 Å². The van der Waals surface area contributed by atoms with E-state index in [1.165, 1.54) is 6.20 Å². The summed E-state index contributed by atoms with van der Waals surface area (Å²) in [6.45, 7) is 0. The van der Waals surface area contributed by atoms with Gasteiger partial charge in [-0.3, -0.25) is 10.2 Å². The van der Waals surface area contributed by atoms with Gasteiger partial charge in [-0.25, -0.2) is 0 Å². The minimum absolute atomic E-state index is 0.426. The van der Waals surface area contributed by atoms with E-state index in [0.717, 1.165) is 11.0 Å². The summed E-state index contributed by atoms with van der Waals surface area (Å²) >= 11 is 0. The number of H-pyrrole nitrogens is 2. The quantitative estimate of drug-likeness (QED) is 0.488. The van der Waals surface area contributed by atoms with Gasteiger partial charge in [0.05, 0.1) is 11.7 Å². The first kappa shape index (κ1) is 9.13. The highest BCUT2D eigenvalue weighted by Crippen LogP contribution is 2.03. The van der Waals surface area contributed by atoms with Gasteiger partial charge in [-0.1, -0.05) is 22.6 Å². The lowest BCUT2D eigenvalue weighted by Gasteiger charge is -1.79. The van der Waals surface area contributed by atoms with Crippen LogP contribution in [0.3, 0.4) is 0 Å². The molecular weight excluding hydrogens is 194 g/mol. The van der Waals surface area contributed by atoms with Crippen LogP contribution in [0.5, 0.6) is 0 Å². The molecular formula is C8H9N7. The third-order valence-electron chi connectivity index (χ3n) is 1.67. The van der Waals surface area contributed by atoms with Gasteiger partial charge in [0, 0.05) is 0 Å². The number of hydrogen-bond acceptors (Lipinski definition) is 5. The molecule has 0 radical (unpaired) electrons. The number of nitrogens with two attached hydrogens (primary N) is 1. The summed E-state index contributed by atoms with van der Waals surface area (Å²) in [5, 5.41) is 19.4. The second-order valence-electron chi connectivity index (χ2n) is 2.73. The standard InChI is InChI=1S/C6H5N3.C2H4N4/c1-2-4-6-5(3-1)7-9-8-6;3-2-1-4-6-5-2/h1-4H,(H,7,8,9);1H,(H3,3,4,5,6). The van der Waals surface area contributed by atoms with E-state index in [1.807, 2.05) is 24.3 Å². The van der Waals surface area contributed by atoms with Crippen LogP contribution >= 0.6 is 0 Å². The first-order valence-corrected chi connectivity index (χ1v) is 4.24. The zero-order valence-corrected chi connectivity index (χ0v) is 7.75. The van der Waals surface area contributed by atoms with Gasteiger partial charge in [0.25, 0.3) is 0 Å². The minimum atomic E-state index is 0.426. The molecule has 0 fully saturated rings. The molecule has 1 aromatic carbocycles. The molecule has 4 N–H and O–H groups in total. The number of aromatic amines is 2. The molecule has 7 nitrogen and oxygen atoms in total. The number of hydrogen-bond donors (Lipinski definition) is 3. The third-order valence-corrected chi connectivity index (χ3v) is 1.67. The summed E-state index contributed by atoms with van der Waals surface area (Å²) in [5.74, 6) is 0.426. The Labute approximate surface area is 84.7 Å². The van der Waals surface area contributed by atoms with Crippen LogP contribution in [0.15, 0.2) is 30.5 Å². The molecule has 0 aliphatic carbocycles. The lowest BCUT2D eigenvalue weighted by Crippen LogP contribution is -1.81. The summed E-state index contributed by atoms with van der Waals surface area (Å²) < 4.78 is 0. The summed E-state index contributed by atoms with van der Waals surface area (Å²) in [4.78, 5) is 0. The normalized spacial score (nSPS) is 9.60. The molecule has 0 amide bonds. The van der Waals surface area contributed by atoms with Gasteiger partial charge in [-0.15, -0.1) is 10.2 Å². The molecule has 0 saturated heterocycles. The fourth-order valence-corrected chi connectivity index (χ4v) is 0.999. The first-order chi connectivity index (χ1) is 7.36. The van der Waals surface area contributed by atoms with E-state index in [1.54, 1.807) is 0 Å². The van der Waals surface area contributed by atoms with Crippen LogP contribution in [-0.2, 0) is 0 Å². The molecule has 3 aromatic rings. The van der Waals surface area contributed by atoms with Crippen LogP contribution in [0, 0.1) is 0 Å². The van der Waals surface area contributed by atoms with Crippen molar-refractivity contribution in [2.75, 3.05) is 5.73 Å². The number of anilines is 1. The molecule has 0 bridgehead atoms. The maximum absolute atomic E-state index is 5.07. The summed E-state index contributed by atoms with van der Waals surface area (Å²) in [5.41, 5.74) is 6.97. The van der Waals surface area contributed by atoms with E-state index in [0.29, 0.717) is 5.82 Å². The monoisotopic (exact) mass is 203 g/mol. The molecule has 0 saturated carbocycles. The van der Waals surface area contributed by atoms with Gasteiger partial charge in [-0.2, -0.15) is 0 Å². The highest BCUT2D eigenvalue weighted by molar-refractivity contribution is 5.72. The second kappa shape index (κ2) is 4.18. The Morgan fingerprint density at radius 3 is 2.53 bits per heavy atom. The Balaban J connectivity index is 0.000000124. The molecule has 3 rings (SSSR count). The zero-order valence-electron chi connectivity index (χ0n) is 7.75. The van der Waals surface area contributed by atoms with E-state index in [2.05, 4.69) is 30.8 Å². The Bertz CT molecular complexity index is 482. The number of nitrogens with one attached hydrogen (secondary N) is 2. The van der Waals surface area contributed by atoms with Crippen molar-refractivity contribution in [3.8, 4) is 0 Å². The predicted molar refractivity (Wildman–Crippen MR) is 54.7 cm³/mol. The van der Waals surface area contributed by atoms with Crippen LogP contribution in [0.25, 0.3) is 11.0 Å². The van der Waals surface area contributed by atoms with Gasteiger partial charge in [0.1, 0.15) is 5.52 Å². The topological polar surface area (TPSA) is 109 Å². The molecule has 2 heterocycles. The van der Waals surface area contributed by atoms with Gasteiger partial charge < -0.3 is 5.73 Å². The zero-order chi connectivity index (χ0) is 10.5. The van der Waals surface area contributed by atoms with Gasteiger partial charge in [0.2, 0.25) is 0 Å². The number of nitrogen functional groups attached to an aromatic ring is 1. The summed E-state index contributed by atoms with van der Waals surface area (Å²) in [6, 6.07) is 7.74. The number of aromatic nitrogens is 6. The fraction of sp³-hybridized carbons (Fsp3) is 0. The highest BCUT2D eigenvalue weighted by Gasteiger charge is 1.90. The average Bonchev–Trinajstić information content (AvgIpc) is 2.88. The van der Waals surface area contributed by atoms with E-state index in [9.17, 15) is 0 Å². The molecule has 0 aliphatic heterocycles. The van der Waals surface area contributed by atoms with E-state index in [-0.39, 0.29) is 0 Å². The maximum atomic E-state index is 5.07. The van der Waals surface area contributed by atoms with Gasteiger partial charge in [0.15, 0.2) is 5.82 Å². The van der Waals surface area contributed by atoms with E-state index < -0.39 is 0 Å². The summed E-state index contributed by atoms with van der Waals surface area (Å²) in [7, 11) is 0. The SMILES string of the molecule is Nc1c[nH]nn1.c1ccc2[nH]nnc2c1. The second-order valence-corrected chi connectivity index (χ2v) is 2.73. The summed E-state index contributed by atoms with van der Waals surface area (Å²) in [6.07, 6.45) is 1.51. The average molecular weight is 203 g/mol. The number of para-hydroxylation sites is 1. The first-order valence-electron chi connectivity index (χ1n) is 4.24. The van der Waals surface area contributed by atoms with Crippen LogP contribution in [0.1, 0.15) is 0 Å². The molecule has 2 aromatic heterocycles. The lowest BCUT2D eigenvalue weighted by atomic mass is 10.3. The Morgan fingerprint density at radius 2 is 1.93 bits per heavy atom. The van der Waals surface area contributed by atoms with Crippen molar-refractivity contribution in [3.05, 3.63) is 30.5 Å². The van der Waals surface area contributed by atoms with E-state index in [4.69, 9.17) is 5.73 Å². The number of benzene rings is 1. The molecule has 0 atom stereocenters. The minimum Gasteiger partial charge on any atom is -0.381 e. The Kier molecular flexibility index (Phi) is 2.54. The fourth-order valence-electron chi connectivity index (χ4n) is 0.999. The Hall–Kier alpha value is -2.44. The molecule has 0 spiro atoms. The predicted octanol–water partition coefficient (Wildman–Crippen LogP) is 0.345. The van der Waals surface area contributed by atoms with Crippen molar-refractivity contribution in [1.82, 2.24) is 30.8 Å². The van der Waals surface area contributed by atoms with Crippen LogP contribution < -0.4 is 5.73 Å². The van der Waals surface area contributed by atoms with Crippen LogP contribution in [-0.4, -0.2) is 30.8 Å². The van der Waals surface area contributed by atoms with Crippen molar-refractivity contribution >= 4 is 16.9 Å². The largest absolute Gasteiger partial charge is 0.381 e. The van der Waals surface area contributed by atoms with Crippen molar-refractivity contribution in [1.29, 1.82) is 0 Å². The van der Waals surface area contributed by atoms with E-state index >= 15 is 0 Å². The highest BCUT2D eigenvalue weighted by atomic mass is 15.3. The maximum Gasteiger partial charge on any atom is 0.165 e. The molecule has 0 unspecified atom stereocenters. The smallest absolute Gasteiger partial charge is 0.165 e. The van der Waals surface area contributed by atoms with Gasteiger partial charge >= 0.3 is 0 Å². The number of rotatable bonds is 0. The third kappa shape index (κ3) is 2.27. The molecule has 7 heteroatoms. The molecule has 0 aliphatic rings.